The number of imidazole rings is 1. The molecule has 0 unspecified atom stereocenters. The van der Waals surface area contributed by atoms with Crippen molar-refractivity contribution < 1.29 is 0 Å². The molecule has 3 aromatic heterocycles. The Morgan fingerprint density at radius 3 is 2.86 bits per heavy atom. The number of aromatic amines is 2. The molecule has 0 atom stereocenters. The molecule has 0 aromatic carbocycles. The predicted octanol–water partition coefficient (Wildman–Crippen LogP) is 1.30. The molecular weight excluding hydrogens is 294 g/mol. The minimum absolute atomic E-state index is 0.295. The van der Waals surface area contributed by atoms with Crippen LogP contribution in [0.1, 0.15) is 24.3 Å². The highest BCUT2D eigenvalue weighted by Crippen LogP contribution is 2.42. The monoisotopic (exact) mass is 303 g/mol. The fourth-order valence-corrected chi connectivity index (χ4v) is 2.56. The summed E-state index contributed by atoms with van der Waals surface area (Å²) in [5.74, 6) is 0.426. The van der Waals surface area contributed by atoms with E-state index in [1.54, 1.807) is 0 Å². The molecule has 0 amide bonds. The number of hydrogen-bond donors (Lipinski definition) is 2. The highest BCUT2D eigenvalue weighted by Gasteiger charge is 2.28. The first-order valence-corrected chi connectivity index (χ1v) is 6.88. The van der Waals surface area contributed by atoms with Crippen LogP contribution in [0.4, 0.5) is 0 Å². The van der Waals surface area contributed by atoms with E-state index in [-0.39, 0.29) is 0 Å². The second kappa shape index (κ2) is 4.29. The molecule has 8 heteroatoms. The molecule has 106 valence electrons. The zero-order valence-corrected chi connectivity index (χ0v) is 11.5. The van der Waals surface area contributed by atoms with E-state index in [1.165, 1.54) is 16.9 Å². The maximum atomic E-state index is 11.9. The van der Waals surface area contributed by atoms with Crippen LogP contribution >= 0.6 is 11.6 Å². The maximum Gasteiger partial charge on any atom is 0.325 e. The van der Waals surface area contributed by atoms with Gasteiger partial charge in [-0.1, -0.05) is 11.6 Å². The van der Waals surface area contributed by atoms with E-state index in [1.807, 2.05) is 6.07 Å². The third kappa shape index (κ3) is 1.97. The molecule has 3 heterocycles. The largest absolute Gasteiger partial charge is 0.325 e. The number of rotatable bonds is 2. The standard InChI is InChI=1S/C13H10ClN5O2/c14-10-5-15-11-7(6-1-2-6)3-9(18-19(10)11)8-4-16-13(21)17-12(8)20/h3-6H,1-2H2,(H2,16,17,20,21). The van der Waals surface area contributed by atoms with Gasteiger partial charge in [-0.2, -0.15) is 5.10 Å². The molecule has 0 aliphatic heterocycles. The number of halogens is 1. The molecule has 0 spiro atoms. The van der Waals surface area contributed by atoms with Crippen molar-refractivity contribution in [1.82, 2.24) is 24.6 Å². The number of H-pyrrole nitrogens is 2. The summed E-state index contributed by atoms with van der Waals surface area (Å²) >= 11 is 6.09. The van der Waals surface area contributed by atoms with Crippen LogP contribution in [0.2, 0.25) is 5.15 Å². The van der Waals surface area contributed by atoms with E-state index in [0.717, 1.165) is 18.4 Å². The Morgan fingerprint density at radius 1 is 1.33 bits per heavy atom. The average molecular weight is 304 g/mol. The van der Waals surface area contributed by atoms with Crippen molar-refractivity contribution in [2.24, 2.45) is 0 Å². The van der Waals surface area contributed by atoms with Crippen LogP contribution < -0.4 is 11.2 Å². The zero-order chi connectivity index (χ0) is 14.6. The SMILES string of the molecule is O=c1[nH]cc(-c2cc(C3CC3)c3ncc(Cl)n3n2)c(=O)[nH]1. The highest BCUT2D eigenvalue weighted by atomic mass is 35.5. The third-order valence-electron chi connectivity index (χ3n) is 3.57. The van der Waals surface area contributed by atoms with Crippen molar-refractivity contribution in [3.63, 3.8) is 0 Å². The van der Waals surface area contributed by atoms with E-state index in [9.17, 15) is 9.59 Å². The van der Waals surface area contributed by atoms with Gasteiger partial charge in [0.25, 0.3) is 5.56 Å². The van der Waals surface area contributed by atoms with Gasteiger partial charge < -0.3 is 4.98 Å². The lowest BCUT2D eigenvalue weighted by Crippen LogP contribution is -2.23. The molecule has 1 aliphatic carbocycles. The Bertz CT molecular complexity index is 967. The lowest BCUT2D eigenvalue weighted by Gasteiger charge is -2.06. The van der Waals surface area contributed by atoms with Crippen molar-refractivity contribution in [3.05, 3.63) is 50.0 Å². The number of fused-ring (bicyclic) bond motifs is 1. The number of aromatic nitrogens is 5. The average Bonchev–Trinajstić information content (AvgIpc) is 3.23. The second-order valence-corrected chi connectivity index (χ2v) is 5.45. The molecule has 0 saturated heterocycles. The molecule has 2 N–H and O–H groups in total. The van der Waals surface area contributed by atoms with Gasteiger partial charge in [0.05, 0.1) is 17.5 Å². The summed E-state index contributed by atoms with van der Waals surface area (Å²) in [6, 6.07) is 1.85. The number of nitrogens with one attached hydrogen (secondary N) is 2. The molecule has 1 saturated carbocycles. The summed E-state index contributed by atoms with van der Waals surface area (Å²) in [5, 5.41) is 4.73. The molecule has 0 bridgehead atoms. The highest BCUT2D eigenvalue weighted by molar-refractivity contribution is 6.29. The molecule has 4 rings (SSSR count). The molecule has 3 aromatic rings. The van der Waals surface area contributed by atoms with Gasteiger partial charge >= 0.3 is 5.69 Å². The lowest BCUT2D eigenvalue weighted by molar-refractivity contribution is 0.913. The topological polar surface area (TPSA) is 95.9 Å². The van der Waals surface area contributed by atoms with Crippen LogP contribution in [0.5, 0.6) is 0 Å². The molecule has 1 aliphatic rings. The van der Waals surface area contributed by atoms with Crippen LogP contribution in [-0.4, -0.2) is 24.6 Å². The first kappa shape index (κ1) is 12.3. The summed E-state index contributed by atoms with van der Waals surface area (Å²) in [5.41, 5.74) is 1.46. The van der Waals surface area contributed by atoms with E-state index in [0.29, 0.717) is 28.0 Å². The Morgan fingerprint density at radius 2 is 2.14 bits per heavy atom. The summed E-state index contributed by atoms with van der Waals surface area (Å²) in [6.07, 6.45) is 5.07. The van der Waals surface area contributed by atoms with Crippen LogP contribution in [-0.2, 0) is 0 Å². The van der Waals surface area contributed by atoms with Crippen LogP contribution in [0, 0.1) is 0 Å². The summed E-state index contributed by atoms with van der Waals surface area (Å²) in [6.45, 7) is 0. The van der Waals surface area contributed by atoms with E-state index in [4.69, 9.17) is 11.6 Å². The molecule has 7 nitrogen and oxygen atoms in total. The van der Waals surface area contributed by atoms with Gasteiger partial charge in [0, 0.05) is 11.8 Å². The molecule has 21 heavy (non-hydrogen) atoms. The minimum Gasteiger partial charge on any atom is -0.313 e. The smallest absolute Gasteiger partial charge is 0.313 e. The Balaban J connectivity index is 2.02. The molecule has 1 fully saturated rings. The minimum atomic E-state index is -0.548. The number of hydrogen-bond acceptors (Lipinski definition) is 4. The van der Waals surface area contributed by atoms with Crippen LogP contribution in [0.25, 0.3) is 16.9 Å². The first-order valence-electron chi connectivity index (χ1n) is 6.50. The Labute approximate surface area is 122 Å². The van der Waals surface area contributed by atoms with E-state index >= 15 is 0 Å². The summed E-state index contributed by atoms with van der Waals surface area (Å²) in [7, 11) is 0. The van der Waals surface area contributed by atoms with Gasteiger partial charge in [0.1, 0.15) is 0 Å². The van der Waals surface area contributed by atoms with Crippen LogP contribution in [0.3, 0.4) is 0 Å². The fraction of sp³-hybridized carbons (Fsp3) is 0.231. The van der Waals surface area contributed by atoms with Gasteiger partial charge in [0.15, 0.2) is 10.8 Å². The van der Waals surface area contributed by atoms with Gasteiger partial charge in [-0.05, 0) is 24.8 Å². The quantitative estimate of drug-likeness (QED) is 0.746. The van der Waals surface area contributed by atoms with Crippen molar-refractivity contribution in [2.75, 3.05) is 0 Å². The maximum absolute atomic E-state index is 11.9. The number of nitrogens with zero attached hydrogens (tertiary/aromatic N) is 3. The van der Waals surface area contributed by atoms with Gasteiger partial charge in [0.2, 0.25) is 0 Å². The zero-order valence-electron chi connectivity index (χ0n) is 10.8. The Hall–Kier alpha value is -2.41. The van der Waals surface area contributed by atoms with Crippen molar-refractivity contribution in [3.8, 4) is 11.3 Å². The van der Waals surface area contributed by atoms with Gasteiger partial charge in [-0.15, -0.1) is 0 Å². The normalized spacial score (nSPS) is 14.7. The first-order chi connectivity index (χ1) is 10.1. The molecule has 0 radical (unpaired) electrons. The van der Waals surface area contributed by atoms with E-state index < -0.39 is 11.2 Å². The van der Waals surface area contributed by atoms with Crippen molar-refractivity contribution >= 4 is 17.2 Å². The fourth-order valence-electron chi connectivity index (χ4n) is 2.39. The summed E-state index contributed by atoms with van der Waals surface area (Å²) in [4.78, 5) is 32.0. The molecular formula is C13H10ClN5O2. The van der Waals surface area contributed by atoms with Gasteiger partial charge in [-0.3, -0.25) is 9.78 Å². The predicted molar refractivity (Wildman–Crippen MR) is 76.6 cm³/mol. The van der Waals surface area contributed by atoms with Gasteiger partial charge in [-0.25, -0.2) is 14.3 Å². The second-order valence-electron chi connectivity index (χ2n) is 5.06. The van der Waals surface area contributed by atoms with E-state index in [2.05, 4.69) is 20.1 Å². The van der Waals surface area contributed by atoms with Crippen molar-refractivity contribution in [1.29, 1.82) is 0 Å². The third-order valence-corrected chi connectivity index (χ3v) is 3.82. The van der Waals surface area contributed by atoms with Crippen molar-refractivity contribution in [2.45, 2.75) is 18.8 Å². The lowest BCUT2D eigenvalue weighted by atomic mass is 10.1. The van der Waals surface area contributed by atoms with Crippen LogP contribution in [0.15, 0.2) is 28.0 Å². The Kier molecular flexibility index (Phi) is 2.52. The summed E-state index contributed by atoms with van der Waals surface area (Å²) < 4.78 is 1.52.